The molecule has 212 valence electrons. The Morgan fingerprint density at radius 2 is 1.90 bits per heavy atom. The van der Waals surface area contributed by atoms with Crippen molar-refractivity contribution in [3.05, 3.63) is 72.8 Å². The molecule has 3 saturated heterocycles. The van der Waals surface area contributed by atoms with Crippen molar-refractivity contribution in [1.29, 1.82) is 0 Å². The highest BCUT2D eigenvalue weighted by Gasteiger charge is 2.42. The summed E-state index contributed by atoms with van der Waals surface area (Å²) < 4.78 is 21.4. The first-order valence-corrected chi connectivity index (χ1v) is 13.7. The summed E-state index contributed by atoms with van der Waals surface area (Å²) >= 11 is 0. The summed E-state index contributed by atoms with van der Waals surface area (Å²) in [5, 5.41) is 11.6. The molecule has 5 aromatic rings. The highest BCUT2D eigenvalue weighted by atomic mass is 19.1. The van der Waals surface area contributed by atoms with E-state index in [0.717, 1.165) is 46.7 Å². The number of piperidine rings is 2. The molecule has 1 N–H and O–H groups in total. The molecule has 2 unspecified atom stereocenters. The van der Waals surface area contributed by atoms with Crippen LogP contribution < -0.4 is 15.0 Å². The van der Waals surface area contributed by atoms with E-state index in [9.17, 15) is 9.18 Å². The first-order chi connectivity index (χ1) is 20.3. The van der Waals surface area contributed by atoms with Crippen molar-refractivity contribution in [2.24, 2.45) is 7.05 Å². The van der Waals surface area contributed by atoms with Crippen LogP contribution >= 0.6 is 0 Å². The Bertz CT molecular complexity index is 1870. The number of aromatic nitrogens is 6. The summed E-state index contributed by atoms with van der Waals surface area (Å²) in [5.41, 5.74) is 4.80. The minimum atomic E-state index is -0.913. The van der Waals surface area contributed by atoms with Crippen molar-refractivity contribution in [2.75, 3.05) is 23.3 Å². The van der Waals surface area contributed by atoms with Crippen molar-refractivity contribution in [2.45, 2.75) is 31.8 Å². The number of halogens is 1. The number of benzene rings is 2. The van der Waals surface area contributed by atoms with Crippen LogP contribution in [-0.2, 0) is 11.8 Å². The van der Waals surface area contributed by atoms with E-state index in [0.29, 0.717) is 35.7 Å². The first kappa shape index (κ1) is 25.8. The number of pyridine rings is 1. The third-order valence-electron chi connectivity index (χ3n) is 8.03. The molecule has 42 heavy (non-hydrogen) atoms. The number of aryl methyl sites for hydroxylation is 2. The van der Waals surface area contributed by atoms with Crippen LogP contribution in [0.15, 0.2) is 67.3 Å². The zero-order valence-corrected chi connectivity index (χ0v) is 23.2. The van der Waals surface area contributed by atoms with Gasteiger partial charge in [-0.15, -0.1) is 5.10 Å². The standard InChI is InChI=1S/C30H28FN9O2/c1-17-12-19(4-10-26(17)42-22-7-9-25-24(13-22)36-37-38(25)3)34-29-28-23(32-16-33-29)8-11-27(35-28)39-14-21-6-5-20(39)15-40(21)30(41)18(2)31/h4,7-13,16,20-21H,2,5-6,14-15H2,1,3H3,(H,32,33,34). The molecule has 0 radical (unpaired) electrons. The lowest BCUT2D eigenvalue weighted by molar-refractivity contribution is -0.133. The predicted octanol–water partition coefficient (Wildman–Crippen LogP) is 4.81. The SMILES string of the molecule is C=C(F)C(=O)N1CC2CCC1CN2c1ccc2ncnc(Nc3ccc(Oc4ccc5c(c4)nnn5C)c(C)c3)c2n1. The molecule has 3 fully saturated rings. The molecule has 0 spiro atoms. The highest BCUT2D eigenvalue weighted by Crippen LogP contribution is 2.35. The number of amides is 1. The van der Waals surface area contributed by atoms with Gasteiger partial charge in [-0.05, 0) is 67.8 Å². The lowest BCUT2D eigenvalue weighted by Crippen LogP contribution is -2.64. The lowest BCUT2D eigenvalue weighted by Gasteiger charge is -2.51. The molecule has 6 heterocycles. The van der Waals surface area contributed by atoms with Gasteiger partial charge in [-0.1, -0.05) is 11.8 Å². The van der Waals surface area contributed by atoms with Crippen molar-refractivity contribution < 1.29 is 13.9 Å². The van der Waals surface area contributed by atoms with Gasteiger partial charge in [0, 0.05) is 44.0 Å². The molecule has 3 aliphatic heterocycles. The van der Waals surface area contributed by atoms with E-state index in [1.54, 1.807) is 9.58 Å². The van der Waals surface area contributed by atoms with Crippen LogP contribution in [0.25, 0.3) is 22.1 Å². The first-order valence-electron chi connectivity index (χ1n) is 13.7. The van der Waals surface area contributed by atoms with E-state index in [1.807, 2.05) is 62.5 Å². The normalized spacial score (nSPS) is 18.1. The molecule has 12 heteroatoms. The Hall–Kier alpha value is -5.13. The molecule has 2 bridgehead atoms. The minimum Gasteiger partial charge on any atom is -0.457 e. The molecule has 2 atom stereocenters. The number of fused-ring (bicyclic) bond motifs is 5. The third kappa shape index (κ3) is 4.54. The van der Waals surface area contributed by atoms with Crippen LogP contribution in [-0.4, -0.2) is 65.9 Å². The summed E-state index contributed by atoms with van der Waals surface area (Å²) in [6, 6.07) is 15.4. The fourth-order valence-electron chi connectivity index (χ4n) is 5.88. The van der Waals surface area contributed by atoms with Crippen molar-refractivity contribution in [3.8, 4) is 11.5 Å². The van der Waals surface area contributed by atoms with Gasteiger partial charge in [-0.3, -0.25) is 4.79 Å². The number of nitrogens with zero attached hydrogens (tertiary/aromatic N) is 8. The van der Waals surface area contributed by atoms with Gasteiger partial charge < -0.3 is 19.9 Å². The smallest absolute Gasteiger partial charge is 0.282 e. The van der Waals surface area contributed by atoms with Gasteiger partial charge in [0.15, 0.2) is 11.6 Å². The number of ether oxygens (including phenoxy) is 1. The van der Waals surface area contributed by atoms with Crippen LogP contribution in [0.2, 0.25) is 0 Å². The van der Waals surface area contributed by atoms with Crippen LogP contribution in [0.1, 0.15) is 18.4 Å². The maximum Gasteiger partial charge on any atom is 0.282 e. The van der Waals surface area contributed by atoms with Crippen molar-refractivity contribution >= 4 is 45.3 Å². The summed E-state index contributed by atoms with van der Waals surface area (Å²) in [6.45, 7) is 6.21. The Labute approximate surface area is 240 Å². The number of hydrogen-bond donors (Lipinski definition) is 1. The van der Waals surface area contributed by atoms with E-state index in [4.69, 9.17) is 9.72 Å². The summed E-state index contributed by atoms with van der Waals surface area (Å²) in [4.78, 5) is 29.9. The average Bonchev–Trinajstić information content (AvgIpc) is 3.37. The second kappa shape index (κ2) is 10.1. The average molecular weight is 566 g/mol. The van der Waals surface area contributed by atoms with Gasteiger partial charge in [0.1, 0.15) is 34.7 Å². The van der Waals surface area contributed by atoms with Gasteiger partial charge in [0.2, 0.25) is 0 Å². The summed E-state index contributed by atoms with van der Waals surface area (Å²) in [7, 11) is 1.85. The second-order valence-electron chi connectivity index (χ2n) is 10.7. The number of hydrogen-bond acceptors (Lipinski definition) is 9. The molecular weight excluding hydrogens is 537 g/mol. The summed E-state index contributed by atoms with van der Waals surface area (Å²) in [6.07, 6.45) is 3.25. The van der Waals surface area contributed by atoms with E-state index in [1.165, 1.54) is 6.33 Å². The lowest BCUT2D eigenvalue weighted by atomic mass is 9.90. The van der Waals surface area contributed by atoms with Gasteiger partial charge in [-0.2, -0.15) is 0 Å². The van der Waals surface area contributed by atoms with Crippen LogP contribution in [0.3, 0.4) is 0 Å². The van der Waals surface area contributed by atoms with Gasteiger partial charge >= 0.3 is 0 Å². The molecule has 11 nitrogen and oxygen atoms in total. The van der Waals surface area contributed by atoms with Crippen LogP contribution in [0.4, 0.5) is 21.7 Å². The maximum atomic E-state index is 13.6. The topological polar surface area (TPSA) is 114 Å². The number of rotatable bonds is 6. The van der Waals surface area contributed by atoms with E-state index in [2.05, 4.69) is 37.1 Å². The Morgan fingerprint density at radius 1 is 1.05 bits per heavy atom. The number of anilines is 3. The molecule has 2 aromatic carbocycles. The van der Waals surface area contributed by atoms with Gasteiger partial charge in [0.05, 0.1) is 11.0 Å². The van der Waals surface area contributed by atoms with Crippen LogP contribution in [0.5, 0.6) is 11.5 Å². The van der Waals surface area contributed by atoms with Crippen molar-refractivity contribution in [1.82, 2.24) is 34.8 Å². The number of carbonyl (C=O) groups excluding carboxylic acids is 1. The van der Waals surface area contributed by atoms with E-state index in [-0.39, 0.29) is 12.1 Å². The van der Waals surface area contributed by atoms with E-state index >= 15 is 0 Å². The molecule has 0 saturated carbocycles. The maximum absolute atomic E-state index is 13.6. The Kier molecular flexibility index (Phi) is 6.18. The largest absolute Gasteiger partial charge is 0.457 e. The predicted molar refractivity (Wildman–Crippen MR) is 156 cm³/mol. The summed E-state index contributed by atoms with van der Waals surface area (Å²) in [5.74, 6) is 1.23. The third-order valence-corrected chi connectivity index (χ3v) is 8.03. The van der Waals surface area contributed by atoms with Gasteiger partial charge in [-0.25, -0.2) is 24.0 Å². The number of piperazine rings is 1. The molecule has 0 aliphatic carbocycles. The van der Waals surface area contributed by atoms with Crippen LogP contribution in [0, 0.1) is 6.92 Å². The van der Waals surface area contributed by atoms with E-state index < -0.39 is 11.7 Å². The molecule has 3 aromatic heterocycles. The fraction of sp³-hybridized carbons (Fsp3) is 0.267. The number of carbonyl (C=O) groups is 1. The highest BCUT2D eigenvalue weighted by molar-refractivity contribution is 5.91. The zero-order valence-electron chi connectivity index (χ0n) is 23.2. The fourth-order valence-corrected chi connectivity index (χ4v) is 5.88. The Balaban J connectivity index is 1.12. The monoisotopic (exact) mass is 565 g/mol. The van der Waals surface area contributed by atoms with Gasteiger partial charge in [0.25, 0.3) is 5.91 Å². The molecule has 1 amide bonds. The Morgan fingerprint density at radius 3 is 2.69 bits per heavy atom. The molecule has 3 aliphatic rings. The number of nitrogens with one attached hydrogen (secondary N) is 1. The van der Waals surface area contributed by atoms with Crippen molar-refractivity contribution in [3.63, 3.8) is 0 Å². The molecular formula is C30H28FN9O2. The molecule has 8 rings (SSSR count). The second-order valence-corrected chi connectivity index (χ2v) is 10.7. The minimum absolute atomic E-state index is 0.0501. The quantitative estimate of drug-likeness (QED) is 0.290. The zero-order chi connectivity index (χ0) is 29.0.